The molecule has 0 aliphatic heterocycles. The van der Waals surface area contributed by atoms with E-state index in [4.69, 9.17) is 0 Å². The van der Waals surface area contributed by atoms with E-state index in [1.54, 1.807) is 27.6 Å². The molecular formula is C18H21N5O3. The fourth-order valence-corrected chi connectivity index (χ4v) is 3.37. The summed E-state index contributed by atoms with van der Waals surface area (Å²) in [6.07, 6.45) is 1.76. The topological polar surface area (TPSA) is 95.0 Å². The molecule has 0 fully saturated rings. The Labute approximate surface area is 150 Å². The minimum absolute atomic E-state index is 0.0378. The zero-order valence-corrected chi connectivity index (χ0v) is 15.2. The number of hydrogen-bond donors (Lipinski definition) is 1. The van der Waals surface area contributed by atoms with Gasteiger partial charge in [0.1, 0.15) is 6.54 Å². The number of non-ortho nitro benzene ring substituents is 1. The number of aryl methyl sites for hydroxylation is 2. The number of rotatable bonds is 5. The van der Waals surface area contributed by atoms with Gasteiger partial charge < -0.3 is 9.88 Å². The fraction of sp³-hybridized carbons (Fsp3) is 0.333. The predicted octanol–water partition coefficient (Wildman–Crippen LogP) is 2.78. The molecule has 0 spiro atoms. The molecule has 0 radical (unpaired) electrons. The number of benzene rings is 1. The molecule has 26 heavy (non-hydrogen) atoms. The Morgan fingerprint density at radius 2 is 2.08 bits per heavy atom. The van der Waals surface area contributed by atoms with Gasteiger partial charge in [-0.25, -0.2) is 0 Å². The Morgan fingerprint density at radius 1 is 1.35 bits per heavy atom. The zero-order chi connectivity index (χ0) is 19.0. The molecule has 0 aliphatic carbocycles. The Bertz CT molecular complexity index is 1000. The highest BCUT2D eigenvalue weighted by Crippen LogP contribution is 2.23. The first kappa shape index (κ1) is 17.7. The highest BCUT2D eigenvalue weighted by Gasteiger charge is 2.18. The molecule has 0 saturated heterocycles. The molecule has 1 amide bonds. The molecule has 3 rings (SSSR count). The Morgan fingerprint density at radius 3 is 2.69 bits per heavy atom. The maximum absolute atomic E-state index is 12.5. The number of nitrogens with zero attached hydrogens (tertiary/aromatic N) is 4. The quantitative estimate of drug-likeness (QED) is 0.562. The van der Waals surface area contributed by atoms with Crippen LogP contribution in [0, 0.1) is 24.0 Å². The maximum atomic E-state index is 12.5. The fourth-order valence-electron chi connectivity index (χ4n) is 3.37. The summed E-state index contributed by atoms with van der Waals surface area (Å²) in [5, 5.41) is 19.0. The molecule has 2 heterocycles. The second-order valence-corrected chi connectivity index (χ2v) is 6.44. The number of fused-ring (bicyclic) bond motifs is 1. The predicted molar refractivity (Wildman–Crippen MR) is 97.8 cm³/mol. The highest BCUT2D eigenvalue weighted by atomic mass is 16.6. The van der Waals surface area contributed by atoms with Gasteiger partial charge in [-0.3, -0.25) is 19.6 Å². The molecule has 3 aromatic rings. The number of carbonyl (C=O) groups is 1. The van der Waals surface area contributed by atoms with E-state index in [0.29, 0.717) is 0 Å². The summed E-state index contributed by atoms with van der Waals surface area (Å²) in [6, 6.07) is 6.24. The second kappa shape index (κ2) is 6.62. The van der Waals surface area contributed by atoms with Gasteiger partial charge in [-0.1, -0.05) is 0 Å². The average Bonchev–Trinajstić information content (AvgIpc) is 3.07. The molecule has 1 atom stereocenters. The first-order valence-corrected chi connectivity index (χ1v) is 8.30. The molecule has 0 bridgehead atoms. The molecule has 136 valence electrons. The number of carbonyl (C=O) groups excluding carboxylic acids is 1. The van der Waals surface area contributed by atoms with Gasteiger partial charge in [0, 0.05) is 47.5 Å². The van der Waals surface area contributed by atoms with Crippen molar-refractivity contribution < 1.29 is 9.72 Å². The third kappa shape index (κ3) is 3.17. The van der Waals surface area contributed by atoms with Gasteiger partial charge in [0.2, 0.25) is 5.91 Å². The van der Waals surface area contributed by atoms with Crippen LogP contribution in [0.1, 0.15) is 29.9 Å². The van der Waals surface area contributed by atoms with E-state index in [-0.39, 0.29) is 24.2 Å². The smallest absolute Gasteiger partial charge is 0.270 e. The van der Waals surface area contributed by atoms with E-state index >= 15 is 0 Å². The minimum Gasteiger partial charge on any atom is -0.348 e. The van der Waals surface area contributed by atoms with E-state index in [1.807, 2.05) is 27.8 Å². The van der Waals surface area contributed by atoms with Gasteiger partial charge >= 0.3 is 0 Å². The number of amides is 1. The van der Waals surface area contributed by atoms with Crippen molar-refractivity contribution in [3.8, 4) is 0 Å². The van der Waals surface area contributed by atoms with Crippen LogP contribution in [0.25, 0.3) is 10.9 Å². The number of nitro groups is 1. The summed E-state index contributed by atoms with van der Waals surface area (Å²) >= 11 is 0. The number of hydrogen-bond acceptors (Lipinski definition) is 4. The van der Waals surface area contributed by atoms with Crippen molar-refractivity contribution in [1.82, 2.24) is 19.7 Å². The molecular weight excluding hydrogens is 334 g/mol. The highest BCUT2D eigenvalue weighted by molar-refractivity contribution is 5.85. The molecule has 8 nitrogen and oxygen atoms in total. The van der Waals surface area contributed by atoms with Crippen LogP contribution in [-0.4, -0.2) is 25.2 Å². The Kier molecular flexibility index (Phi) is 4.50. The van der Waals surface area contributed by atoms with Crippen LogP contribution in [0.3, 0.4) is 0 Å². The molecule has 0 aliphatic rings. The first-order valence-electron chi connectivity index (χ1n) is 8.30. The minimum atomic E-state index is -0.427. The molecule has 2 aromatic heterocycles. The van der Waals surface area contributed by atoms with Crippen LogP contribution >= 0.6 is 0 Å². The van der Waals surface area contributed by atoms with E-state index in [0.717, 1.165) is 27.9 Å². The van der Waals surface area contributed by atoms with Crippen LogP contribution in [0.5, 0.6) is 0 Å². The monoisotopic (exact) mass is 355 g/mol. The number of aromatic nitrogens is 3. The molecule has 1 N–H and O–H groups in total. The SMILES string of the molecule is Cc1nn(C)c(C)c1[C@H](C)NC(=O)Cn1ccc2cc([N+](=O)[O-])ccc21. The lowest BCUT2D eigenvalue weighted by molar-refractivity contribution is -0.384. The van der Waals surface area contributed by atoms with Gasteiger partial charge in [-0.15, -0.1) is 0 Å². The summed E-state index contributed by atoms with van der Waals surface area (Å²) in [7, 11) is 1.88. The first-order chi connectivity index (χ1) is 12.3. The zero-order valence-electron chi connectivity index (χ0n) is 15.2. The Balaban J connectivity index is 1.76. The maximum Gasteiger partial charge on any atom is 0.270 e. The molecule has 1 aromatic carbocycles. The molecule has 0 saturated carbocycles. The van der Waals surface area contributed by atoms with Crippen LogP contribution < -0.4 is 5.32 Å². The van der Waals surface area contributed by atoms with Crippen LogP contribution in [-0.2, 0) is 18.4 Å². The van der Waals surface area contributed by atoms with Crippen LogP contribution in [0.15, 0.2) is 30.5 Å². The number of nitro benzene ring substituents is 1. The summed E-state index contributed by atoms with van der Waals surface area (Å²) in [5.74, 6) is -0.129. The second-order valence-electron chi connectivity index (χ2n) is 6.44. The van der Waals surface area contributed by atoms with Crippen molar-refractivity contribution in [2.24, 2.45) is 7.05 Å². The summed E-state index contributed by atoms with van der Waals surface area (Å²) < 4.78 is 3.59. The van der Waals surface area contributed by atoms with E-state index in [9.17, 15) is 14.9 Å². The van der Waals surface area contributed by atoms with Gasteiger partial charge in [-0.2, -0.15) is 5.10 Å². The average molecular weight is 355 g/mol. The molecule has 0 unspecified atom stereocenters. The van der Waals surface area contributed by atoms with E-state index < -0.39 is 4.92 Å². The van der Waals surface area contributed by atoms with Gasteiger partial charge in [0.15, 0.2) is 0 Å². The third-order valence-corrected chi connectivity index (χ3v) is 4.65. The normalized spacial score (nSPS) is 12.3. The van der Waals surface area contributed by atoms with Crippen molar-refractivity contribution >= 4 is 22.5 Å². The van der Waals surface area contributed by atoms with Gasteiger partial charge in [0.05, 0.1) is 16.7 Å². The van der Waals surface area contributed by atoms with Crippen LogP contribution in [0.2, 0.25) is 0 Å². The Hall–Kier alpha value is -3.16. The lowest BCUT2D eigenvalue weighted by Crippen LogP contribution is -2.30. The largest absolute Gasteiger partial charge is 0.348 e. The summed E-state index contributed by atoms with van der Waals surface area (Å²) in [5.41, 5.74) is 3.77. The van der Waals surface area contributed by atoms with Crippen molar-refractivity contribution in [3.05, 3.63) is 57.5 Å². The number of nitrogens with one attached hydrogen (secondary N) is 1. The van der Waals surface area contributed by atoms with Crippen molar-refractivity contribution in [2.45, 2.75) is 33.4 Å². The van der Waals surface area contributed by atoms with Gasteiger partial charge in [0.25, 0.3) is 5.69 Å². The van der Waals surface area contributed by atoms with Crippen LogP contribution in [0.4, 0.5) is 5.69 Å². The molecule has 8 heteroatoms. The van der Waals surface area contributed by atoms with Crippen molar-refractivity contribution in [3.63, 3.8) is 0 Å². The lowest BCUT2D eigenvalue weighted by atomic mass is 10.1. The third-order valence-electron chi connectivity index (χ3n) is 4.65. The lowest BCUT2D eigenvalue weighted by Gasteiger charge is -2.15. The van der Waals surface area contributed by atoms with Crippen molar-refractivity contribution in [1.29, 1.82) is 0 Å². The van der Waals surface area contributed by atoms with Gasteiger partial charge in [-0.05, 0) is 32.9 Å². The van der Waals surface area contributed by atoms with Crippen molar-refractivity contribution in [2.75, 3.05) is 0 Å². The van der Waals surface area contributed by atoms with E-state index in [2.05, 4.69) is 10.4 Å². The summed E-state index contributed by atoms with van der Waals surface area (Å²) in [4.78, 5) is 22.9. The van der Waals surface area contributed by atoms with E-state index in [1.165, 1.54) is 12.1 Å². The summed E-state index contributed by atoms with van der Waals surface area (Å²) in [6.45, 7) is 5.98. The standard InChI is InChI=1S/C18H21N5O3/c1-11(18-12(2)20-21(4)13(18)3)19-17(24)10-22-8-7-14-9-15(23(25)26)5-6-16(14)22/h5-9,11H,10H2,1-4H3,(H,19,24)/t11-/m0/s1.